The van der Waals surface area contributed by atoms with Crippen LogP contribution in [0.1, 0.15) is 28.9 Å². The van der Waals surface area contributed by atoms with Gasteiger partial charge in [-0.25, -0.2) is 9.97 Å². The summed E-state index contributed by atoms with van der Waals surface area (Å²) in [7, 11) is 0. The molecule has 1 aliphatic rings. The van der Waals surface area contributed by atoms with Crippen LogP contribution in [0.3, 0.4) is 0 Å². The molecule has 1 saturated carbocycles. The van der Waals surface area contributed by atoms with Crippen molar-refractivity contribution in [2.45, 2.75) is 19.4 Å². The Kier molecular flexibility index (Phi) is 4.76. The summed E-state index contributed by atoms with van der Waals surface area (Å²) in [6, 6.07) is 5.78. The molecule has 1 aliphatic carbocycles. The van der Waals surface area contributed by atoms with Gasteiger partial charge in [-0.1, -0.05) is 6.07 Å². The van der Waals surface area contributed by atoms with Crippen LogP contribution in [0, 0.1) is 5.92 Å². The molecule has 1 fully saturated rings. The van der Waals surface area contributed by atoms with Crippen LogP contribution in [0.4, 0.5) is 0 Å². The van der Waals surface area contributed by atoms with Gasteiger partial charge < -0.3 is 10.1 Å². The predicted molar refractivity (Wildman–Crippen MR) is 99.1 cm³/mol. The lowest BCUT2D eigenvalue weighted by Crippen LogP contribution is -2.23. The number of nitrogens with one attached hydrogen (secondary N) is 1. The first kappa shape index (κ1) is 16.2. The van der Waals surface area contributed by atoms with Crippen LogP contribution in [-0.2, 0) is 6.54 Å². The van der Waals surface area contributed by atoms with Crippen molar-refractivity contribution in [3.8, 4) is 16.5 Å². The molecule has 3 aromatic rings. The van der Waals surface area contributed by atoms with Gasteiger partial charge in [-0.2, -0.15) is 11.3 Å². The van der Waals surface area contributed by atoms with E-state index in [1.54, 1.807) is 22.9 Å². The third-order valence-corrected chi connectivity index (χ3v) is 5.49. The monoisotopic (exact) mass is 371 g/mol. The molecule has 0 saturated heterocycles. The second kappa shape index (κ2) is 7.33. The molecule has 0 aliphatic heterocycles. The molecule has 0 aromatic carbocycles. The van der Waals surface area contributed by atoms with E-state index in [0.717, 1.165) is 22.7 Å². The smallest absolute Gasteiger partial charge is 0.271 e. The lowest BCUT2D eigenvalue weighted by atomic mass is 10.3. The van der Waals surface area contributed by atoms with Crippen LogP contribution in [0.2, 0.25) is 0 Å². The average Bonchev–Trinajstić information content (AvgIpc) is 3.11. The molecule has 128 valence electrons. The highest BCUT2D eigenvalue weighted by Gasteiger charge is 2.22. The summed E-state index contributed by atoms with van der Waals surface area (Å²) in [5, 5.41) is 9.56. The Hall–Kier alpha value is -2.25. The number of carbonyl (C=O) groups is 1. The van der Waals surface area contributed by atoms with Gasteiger partial charge >= 0.3 is 0 Å². The molecular formula is C18H17N3O2S2. The summed E-state index contributed by atoms with van der Waals surface area (Å²) >= 11 is 3.10. The van der Waals surface area contributed by atoms with Crippen LogP contribution in [0.15, 0.2) is 40.5 Å². The fourth-order valence-electron chi connectivity index (χ4n) is 2.26. The number of hydrogen-bond donors (Lipinski definition) is 1. The number of amides is 1. The number of thiophene rings is 1. The maximum atomic E-state index is 12.2. The second-order valence-electron chi connectivity index (χ2n) is 5.99. The van der Waals surface area contributed by atoms with Crippen molar-refractivity contribution < 1.29 is 9.53 Å². The van der Waals surface area contributed by atoms with Crippen molar-refractivity contribution >= 4 is 28.6 Å². The number of nitrogens with zero attached hydrogens (tertiary/aromatic N) is 2. The fraction of sp³-hybridized carbons (Fsp3) is 0.278. The lowest BCUT2D eigenvalue weighted by molar-refractivity contribution is 0.0946. The van der Waals surface area contributed by atoms with Gasteiger partial charge in [0.1, 0.15) is 10.7 Å². The average molecular weight is 371 g/mol. The first-order valence-corrected chi connectivity index (χ1v) is 9.94. The minimum absolute atomic E-state index is 0.174. The van der Waals surface area contributed by atoms with Crippen LogP contribution >= 0.6 is 22.7 Å². The molecule has 3 aromatic heterocycles. The third kappa shape index (κ3) is 4.24. The van der Waals surface area contributed by atoms with Gasteiger partial charge in [0.25, 0.3) is 5.91 Å². The summed E-state index contributed by atoms with van der Waals surface area (Å²) in [4.78, 5) is 20.9. The first-order chi connectivity index (χ1) is 12.3. The molecule has 1 amide bonds. The third-order valence-electron chi connectivity index (χ3n) is 3.92. The van der Waals surface area contributed by atoms with E-state index in [4.69, 9.17) is 4.74 Å². The van der Waals surface area contributed by atoms with Gasteiger partial charge in [-0.3, -0.25) is 4.79 Å². The van der Waals surface area contributed by atoms with Gasteiger partial charge in [-0.05, 0) is 35.8 Å². The second-order valence-corrected chi connectivity index (χ2v) is 7.63. The Bertz CT molecular complexity index is 840. The number of thiazole rings is 1. The Morgan fingerprint density at radius 2 is 2.20 bits per heavy atom. The summed E-state index contributed by atoms with van der Waals surface area (Å²) in [6.07, 6.45) is 4.25. The van der Waals surface area contributed by atoms with Crippen LogP contribution in [-0.4, -0.2) is 22.5 Å². The number of pyridine rings is 1. The zero-order chi connectivity index (χ0) is 17.1. The van der Waals surface area contributed by atoms with Gasteiger partial charge in [0.2, 0.25) is 5.88 Å². The molecule has 0 spiro atoms. The van der Waals surface area contributed by atoms with Crippen LogP contribution < -0.4 is 10.1 Å². The van der Waals surface area contributed by atoms with Crippen molar-refractivity contribution in [1.82, 2.24) is 15.3 Å². The quantitative estimate of drug-likeness (QED) is 0.682. The van der Waals surface area contributed by atoms with Crippen molar-refractivity contribution in [1.29, 1.82) is 0 Å². The molecule has 0 unspecified atom stereocenters. The van der Waals surface area contributed by atoms with E-state index < -0.39 is 0 Å². The minimum atomic E-state index is -0.174. The normalized spacial score (nSPS) is 13.6. The molecule has 0 bridgehead atoms. The Morgan fingerprint density at radius 1 is 1.28 bits per heavy atom. The minimum Gasteiger partial charge on any atom is -0.477 e. The van der Waals surface area contributed by atoms with Gasteiger partial charge in [0, 0.05) is 35.1 Å². The topological polar surface area (TPSA) is 64.1 Å². The lowest BCUT2D eigenvalue weighted by Gasteiger charge is -2.06. The van der Waals surface area contributed by atoms with E-state index in [2.05, 4.69) is 15.3 Å². The summed E-state index contributed by atoms with van der Waals surface area (Å²) < 4.78 is 5.61. The molecule has 3 heterocycles. The molecule has 5 nitrogen and oxygen atoms in total. The van der Waals surface area contributed by atoms with Crippen molar-refractivity contribution in [3.05, 3.63) is 51.8 Å². The van der Waals surface area contributed by atoms with E-state index in [1.807, 2.05) is 29.0 Å². The van der Waals surface area contributed by atoms with Gasteiger partial charge in [-0.15, -0.1) is 11.3 Å². The van der Waals surface area contributed by atoms with E-state index >= 15 is 0 Å². The van der Waals surface area contributed by atoms with Crippen molar-refractivity contribution in [2.24, 2.45) is 5.92 Å². The number of rotatable bonds is 7. The van der Waals surface area contributed by atoms with Crippen LogP contribution in [0.25, 0.3) is 10.6 Å². The van der Waals surface area contributed by atoms with Crippen LogP contribution in [0.5, 0.6) is 5.88 Å². The highest BCUT2D eigenvalue weighted by atomic mass is 32.1. The first-order valence-electron chi connectivity index (χ1n) is 8.12. The molecule has 1 N–H and O–H groups in total. The Balaban J connectivity index is 1.30. The van der Waals surface area contributed by atoms with Gasteiger partial charge in [0.05, 0.1) is 6.61 Å². The predicted octanol–water partition coefficient (Wildman–Crippen LogP) is 3.99. The largest absolute Gasteiger partial charge is 0.477 e. The summed E-state index contributed by atoms with van der Waals surface area (Å²) in [6.45, 7) is 1.17. The van der Waals surface area contributed by atoms with Gasteiger partial charge in [0.15, 0.2) is 0 Å². The maximum absolute atomic E-state index is 12.2. The number of hydrogen-bond acceptors (Lipinski definition) is 6. The van der Waals surface area contributed by atoms with Crippen molar-refractivity contribution in [2.75, 3.05) is 6.61 Å². The number of ether oxygens (including phenoxy) is 1. The van der Waals surface area contributed by atoms with E-state index in [0.29, 0.717) is 24.0 Å². The zero-order valence-electron chi connectivity index (χ0n) is 13.5. The molecule has 0 atom stereocenters. The van der Waals surface area contributed by atoms with E-state index in [9.17, 15) is 4.79 Å². The van der Waals surface area contributed by atoms with Crippen molar-refractivity contribution in [3.63, 3.8) is 0 Å². The fourth-order valence-corrected chi connectivity index (χ4v) is 3.77. The molecule has 4 rings (SSSR count). The Morgan fingerprint density at radius 3 is 2.92 bits per heavy atom. The molecular weight excluding hydrogens is 354 g/mol. The summed E-state index contributed by atoms with van der Waals surface area (Å²) in [5.41, 5.74) is 2.43. The Labute approximate surface area is 153 Å². The maximum Gasteiger partial charge on any atom is 0.271 e. The SMILES string of the molecule is O=C(NCc1ccc(OCC2CC2)nc1)c1csc(-c2ccsc2)n1. The number of aromatic nitrogens is 2. The summed E-state index contributed by atoms with van der Waals surface area (Å²) in [5.74, 6) is 1.17. The molecule has 25 heavy (non-hydrogen) atoms. The zero-order valence-corrected chi connectivity index (χ0v) is 15.1. The highest BCUT2D eigenvalue weighted by Crippen LogP contribution is 2.29. The number of carbonyl (C=O) groups excluding carboxylic acids is 1. The molecule has 0 radical (unpaired) electrons. The standard InChI is InChI=1S/C18H17N3O2S2/c22-17(15-11-25-18(21-15)14-5-6-24-10-14)20-8-13-3-4-16(19-7-13)23-9-12-1-2-12/h3-7,10-12H,1-2,8-9H2,(H,20,22). The van der Waals surface area contributed by atoms with E-state index in [1.165, 1.54) is 24.2 Å². The molecule has 7 heteroatoms. The highest BCUT2D eigenvalue weighted by molar-refractivity contribution is 7.14. The van der Waals surface area contributed by atoms with E-state index in [-0.39, 0.29) is 5.91 Å².